The van der Waals surface area contributed by atoms with E-state index in [1.54, 1.807) is 30.5 Å². The quantitative estimate of drug-likeness (QED) is 0.632. The molecule has 26 heavy (non-hydrogen) atoms. The number of rotatable bonds is 4. The lowest BCUT2D eigenvalue weighted by atomic mass is 9.76. The summed E-state index contributed by atoms with van der Waals surface area (Å²) in [6.07, 6.45) is 2.75. The van der Waals surface area contributed by atoms with E-state index in [9.17, 15) is 15.2 Å². The van der Waals surface area contributed by atoms with Crippen LogP contribution in [0.4, 0.5) is 0 Å². The van der Waals surface area contributed by atoms with Gasteiger partial charge in [0, 0.05) is 23.3 Å². The SMILES string of the molecule is CN(N)Cc1cc(C#N)ccc1-c1sc2c(c1C(=O)O)CC(C)(C)CC2. The highest BCUT2D eigenvalue weighted by Gasteiger charge is 2.33. The van der Waals surface area contributed by atoms with E-state index in [0.717, 1.165) is 40.8 Å². The first-order chi connectivity index (χ1) is 12.2. The van der Waals surface area contributed by atoms with Gasteiger partial charge >= 0.3 is 5.97 Å². The molecule has 1 heterocycles. The largest absolute Gasteiger partial charge is 0.478 e. The minimum Gasteiger partial charge on any atom is -0.478 e. The topological polar surface area (TPSA) is 90.4 Å². The van der Waals surface area contributed by atoms with Crippen LogP contribution >= 0.6 is 11.3 Å². The highest BCUT2D eigenvalue weighted by atomic mass is 32.1. The minimum atomic E-state index is -0.883. The second-order valence-corrected chi connectivity index (χ2v) is 8.86. The van der Waals surface area contributed by atoms with Crippen molar-refractivity contribution in [3.8, 4) is 16.5 Å². The highest BCUT2D eigenvalue weighted by molar-refractivity contribution is 7.16. The van der Waals surface area contributed by atoms with Crippen LogP contribution in [-0.2, 0) is 19.4 Å². The van der Waals surface area contributed by atoms with E-state index in [4.69, 9.17) is 5.84 Å². The average Bonchev–Trinajstić information content (AvgIpc) is 2.91. The van der Waals surface area contributed by atoms with Crippen LogP contribution in [0, 0.1) is 16.7 Å². The number of hydrogen-bond donors (Lipinski definition) is 2. The molecular formula is C20H23N3O2S. The fourth-order valence-corrected chi connectivity index (χ4v) is 4.99. The summed E-state index contributed by atoms with van der Waals surface area (Å²) < 4.78 is 0. The number of aromatic carboxylic acids is 1. The zero-order valence-corrected chi connectivity index (χ0v) is 16.1. The van der Waals surface area contributed by atoms with Crippen molar-refractivity contribution in [2.24, 2.45) is 11.3 Å². The number of carboxylic acid groups (broad SMARTS) is 1. The molecule has 0 atom stereocenters. The van der Waals surface area contributed by atoms with Crippen molar-refractivity contribution in [2.75, 3.05) is 7.05 Å². The maximum atomic E-state index is 12.1. The number of hydrogen-bond acceptors (Lipinski definition) is 5. The van der Waals surface area contributed by atoms with Gasteiger partial charge in [-0.1, -0.05) is 19.9 Å². The molecule has 0 aliphatic heterocycles. The molecule has 3 rings (SSSR count). The Morgan fingerprint density at radius 1 is 1.46 bits per heavy atom. The number of carboxylic acids is 1. The molecule has 0 saturated heterocycles. The summed E-state index contributed by atoms with van der Waals surface area (Å²) in [4.78, 5) is 14.1. The minimum absolute atomic E-state index is 0.112. The number of nitrogens with two attached hydrogens (primary N) is 1. The number of aryl methyl sites for hydroxylation is 1. The van der Waals surface area contributed by atoms with Gasteiger partial charge in [0.2, 0.25) is 0 Å². The molecule has 5 nitrogen and oxygen atoms in total. The Kier molecular flexibility index (Phi) is 4.89. The van der Waals surface area contributed by atoms with Crippen LogP contribution in [0.2, 0.25) is 0 Å². The van der Waals surface area contributed by atoms with Crippen LogP contribution in [0.15, 0.2) is 18.2 Å². The van der Waals surface area contributed by atoms with Gasteiger partial charge in [0.05, 0.1) is 17.2 Å². The summed E-state index contributed by atoms with van der Waals surface area (Å²) in [5.74, 6) is 4.95. The smallest absolute Gasteiger partial charge is 0.337 e. The normalized spacial score (nSPS) is 15.5. The molecule has 3 N–H and O–H groups in total. The van der Waals surface area contributed by atoms with E-state index < -0.39 is 5.97 Å². The number of nitrogens with zero attached hydrogens (tertiary/aromatic N) is 2. The number of fused-ring (bicyclic) bond motifs is 1. The van der Waals surface area contributed by atoms with E-state index in [2.05, 4.69) is 19.9 Å². The molecule has 0 fully saturated rings. The molecular weight excluding hydrogens is 346 g/mol. The fourth-order valence-electron chi connectivity index (χ4n) is 3.62. The highest BCUT2D eigenvalue weighted by Crippen LogP contribution is 2.45. The van der Waals surface area contributed by atoms with Crippen LogP contribution in [-0.4, -0.2) is 23.1 Å². The van der Waals surface area contributed by atoms with E-state index in [1.165, 1.54) is 9.89 Å². The third-order valence-corrected chi connectivity index (χ3v) is 6.21. The van der Waals surface area contributed by atoms with Crippen LogP contribution in [0.25, 0.3) is 10.4 Å². The van der Waals surface area contributed by atoms with Crippen molar-refractivity contribution in [3.63, 3.8) is 0 Å². The average molecular weight is 369 g/mol. The molecule has 1 aliphatic carbocycles. The molecule has 2 aromatic rings. The lowest BCUT2D eigenvalue weighted by Crippen LogP contribution is -2.25. The van der Waals surface area contributed by atoms with Crippen LogP contribution in [0.3, 0.4) is 0 Å². The Hall–Kier alpha value is -2.20. The zero-order chi connectivity index (χ0) is 19.1. The number of nitriles is 1. The second kappa shape index (κ2) is 6.84. The first kappa shape index (κ1) is 18.6. The molecule has 1 aromatic heterocycles. The van der Waals surface area contributed by atoms with Crippen molar-refractivity contribution in [3.05, 3.63) is 45.3 Å². The maximum Gasteiger partial charge on any atom is 0.337 e. The summed E-state index contributed by atoms with van der Waals surface area (Å²) in [7, 11) is 1.75. The van der Waals surface area contributed by atoms with Crippen molar-refractivity contribution in [1.29, 1.82) is 5.26 Å². The maximum absolute atomic E-state index is 12.1. The molecule has 136 valence electrons. The summed E-state index contributed by atoms with van der Waals surface area (Å²) in [5.41, 5.74) is 3.78. The molecule has 0 spiro atoms. The lowest BCUT2D eigenvalue weighted by Gasteiger charge is -2.29. The van der Waals surface area contributed by atoms with Crippen LogP contribution < -0.4 is 5.84 Å². The van der Waals surface area contributed by atoms with Gasteiger partial charge in [-0.15, -0.1) is 11.3 Å². The van der Waals surface area contributed by atoms with E-state index in [0.29, 0.717) is 17.7 Å². The lowest BCUT2D eigenvalue weighted by molar-refractivity contribution is 0.0696. The predicted octanol–water partition coefficient (Wildman–Crippen LogP) is 3.81. The molecule has 1 aliphatic rings. The molecule has 6 heteroatoms. The molecule has 1 aromatic carbocycles. The van der Waals surface area contributed by atoms with Gasteiger partial charge in [-0.3, -0.25) is 5.84 Å². The van der Waals surface area contributed by atoms with Crippen molar-refractivity contribution in [2.45, 2.75) is 39.7 Å². The van der Waals surface area contributed by atoms with Crippen molar-refractivity contribution >= 4 is 17.3 Å². The van der Waals surface area contributed by atoms with Gasteiger partial charge in [0.15, 0.2) is 0 Å². The monoisotopic (exact) mass is 369 g/mol. The Balaban J connectivity index is 2.21. The predicted molar refractivity (Wildman–Crippen MR) is 103 cm³/mol. The van der Waals surface area contributed by atoms with Gasteiger partial charge in [0.1, 0.15) is 0 Å². The molecule has 0 saturated carbocycles. The third-order valence-electron chi connectivity index (χ3n) is 4.89. The van der Waals surface area contributed by atoms with Gasteiger partial charge in [-0.2, -0.15) is 5.26 Å². The molecule has 0 bridgehead atoms. The van der Waals surface area contributed by atoms with Gasteiger partial charge in [0.25, 0.3) is 0 Å². The van der Waals surface area contributed by atoms with Crippen molar-refractivity contribution < 1.29 is 9.90 Å². The van der Waals surface area contributed by atoms with Gasteiger partial charge in [-0.25, -0.2) is 9.80 Å². The zero-order valence-electron chi connectivity index (χ0n) is 15.3. The third kappa shape index (κ3) is 3.51. The van der Waals surface area contributed by atoms with Crippen molar-refractivity contribution in [1.82, 2.24) is 5.01 Å². The van der Waals surface area contributed by atoms with Gasteiger partial charge in [-0.05, 0) is 53.5 Å². The molecule has 0 radical (unpaired) electrons. The molecule has 0 unspecified atom stereocenters. The van der Waals surface area contributed by atoms with Crippen LogP contribution in [0.1, 0.15) is 52.2 Å². The first-order valence-corrected chi connectivity index (χ1v) is 9.40. The Bertz CT molecular complexity index is 907. The van der Waals surface area contributed by atoms with E-state index >= 15 is 0 Å². The number of carbonyl (C=O) groups is 1. The summed E-state index contributed by atoms with van der Waals surface area (Å²) in [6.45, 7) is 4.82. The van der Waals surface area contributed by atoms with E-state index in [-0.39, 0.29) is 5.41 Å². The van der Waals surface area contributed by atoms with E-state index in [1.807, 2.05) is 6.07 Å². The number of benzene rings is 1. The Morgan fingerprint density at radius 2 is 2.19 bits per heavy atom. The first-order valence-electron chi connectivity index (χ1n) is 8.59. The standard InChI is InChI=1S/C20H23N3O2S/c1-20(2)7-6-16-15(9-20)17(19(24)25)18(26-16)14-5-4-12(10-21)8-13(14)11-23(3)22/h4-5,8H,6-7,9,11,22H2,1-3H3,(H,24,25). The number of thiophene rings is 1. The fraction of sp³-hybridized carbons (Fsp3) is 0.400. The summed E-state index contributed by atoms with van der Waals surface area (Å²) in [5, 5.41) is 20.7. The Morgan fingerprint density at radius 3 is 2.81 bits per heavy atom. The number of hydrazine groups is 1. The second-order valence-electron chi connectivity index (χ2n) is 7.75. The molecule has 0 amide bonds. The Labute approximate surface area is 157 Å². The van der Waals surface area contributed by atoms with Gasteiger partial charge < -0.3 is 5.11 Å². The summed E-state index contributed by atoms with van der Waals surface area (Å²) >= 11 is 1.58. The summed E-state index contributed by atoms with van der Waals surface area (Å²) in [6, 6.07) is 7.54. The van der Waals surface area contributed by atoms with Crippen LogP contribution in [0.5, 0.6) is 0 Å².